The number of rotatable bonds is 4. The van der Waals surface area contributed by atoms with Gasteiger partial charge in [-0.2, -0.15) is 0 Å². The van der Waals surface area contributed by atoms with Crippen molar-refractivity contribution < 1.29 is 14.0 Å². The molecule has 0 atom stereocenters. The monoisotopic (exact) mass is 440 g/mol. The van der Waals surface area contributed by atoms with Crippen LogP contribution in [0, 0.1) is 6.92 Å². The molecule has 0 saturated carbocycles. The van der Waals surface area contributed by atoms with Crippen molar-refractivity contribution in [1.29, 1.82) is 0 Å². The summed E-state index contributed by atoms with van der Waals surface area (Å²) in [6, 6.07) is 20.5. The van der Waals surface area contributed by atoms with E-state index in [1.165, 1.54) is 0 Å². The lowest BCUT2D eigenvalue weighted by Crippen LogP contribution is -2.49. The highest BCUT2D eigenvalue weighted by atomic mass is 16.3. The molecule has 5 rings (SSSR count). The van der Waals surface area contributed by atoms with Crippen LogP contribution in [0.2, 0.25) is 0 Å². The highest BCUT2D eigenvalue weighted by Gasteiger charge is 2.29. The van der Waals surface area contributed by atoms with Crippen LogP contribution in [0.4, 0.5) is 11.5 Å². The first kappa shape index (κ1) is 20.8. The van der Waals surface area contributed by atoms with Crippen LogP contribution in [-0.2, 0) is 0 Å². The predicted octanol–water partition coefficient (Wildman–Crippen LogP) is 4.35. The minimum Gasteiger partial charge on any atom is -0.449 e. The van der Waals surface area contributed by atoms with E-state index in [9.17, 15) is 9.59 Å². The maximum Gasteiger partial charge on any atom is 0.291 e. The van der Waals surface area contributed by atoms with Gasteiger partial charge < -0.3 is 19.5 Å². The minimum atomic E-state index is -0.282. The highest BCUT2D eigenvalue weighted by molar-refractivity contribution is 6.14. The second kappa shape index (κ2) is 8.78. The number of piperazine rings is 1. The number of fused-ring (bicyclic) bond motifs is 1. The number of hydrogen-bond donors (Lipinski definition) is 1. The van der Waals surface area contributed by atoms with E-state index in [4.69, 9.17) is 4.42 Å². The molecule has 4 aromatic rings. The third-order valence-corrected chi connectivity index (χ3v) is 5.88. The first-order valence-corrected chi connectivity index (χ1v) is 10.9. The number of nitrogens with one attached hydrogen (secondary N) is 1. The minimum absolute atomic E-state index is 0.156. The standard InChI is InChI=1S/C26H24N4O3/c1-18-9-11-19(12-10-18)25(31)28-23-20-6-2-3-7-21(20)33-24(23)26(32)30-16-14-29(15-17-30)22-8-4-5-13-27-22/h2-13H,14-17H2,1H3,(H,28,31). The Hall–Kier alpha value is -4.13. The maximum absolute atomic E-state index is 13.4. The summed E-state index contributed by atoms with van der Waals surface area (Å²) in [4.78, 5) is 34.7. The second-order valence-electron chi connectivity index (χ2n) is 8.09. The zero-order valence-corrected chi connectivity index (χ0v) is 18.3. The number of nitrogens with zero attached hydrogens (tertiary/aromatic N) is 3. The molecule has 0 aliphatic carbocycles. The summed E-state index contributed by atoms with van der Waals surface area (Å²) >= 11 is 0. The zero-order valence-electron chi connectivity index (χ0n) is 18.3. The number of amides is 2. The van der Waals surface area contributed by atoms with Gasteiger partial charge in [-0.3, -0.25) is 9.59 Å². The van der Waals surface area contributed by atoms with Gasteiger partial charge in [-0.05, 0) is 43.3 Å². The molecule has 3 heterocycles. The number of carbonyl (C=O) groups is 2. The van der Waals surface area contributed by atoms with E-state index >= 15 is 0 Å². The molecule has 2 amide bonds. The van der Waals surface area contributed by atoms with Gasteiger partial charge in [-0.25, -0.2) is 4.98 Å². The SMILES string of the molecule is Cc1ccc(C(=O)Nc2c(C(=O)N3CCN(c4ccccn4)CC3)oc3ccccc23)cc1. The number of furan rings is 1. The first-order valence-electron chi connectivity index (χ1n) is 10.9. The largest absolute Gasteiger partial charge is 0.449 e. The van der Waals surface area contributed by atoms with Gasteiger partial charge in [0.15, 0.2) is 0 Å². The molecule has 2 aromatic carbocycles. The number of aromatic nitrogens is 1. The Bertz CT molecular complexity index is 1290. The van der Waals surface area contributed by atoms with E-state index in [1.807, 2.05) is 55.5 Å². The van der Waals surface area contributed by atoms with E-state index in [-0.39, 0.29) is 17.6 Å². The molecule has 0 unspecified atom stereocenters. The average Bonchev–Trinajstić information content (AvgIpc) is 3.23. The van der Waals surface area contributed by atoms with Gasteiger partial charge in [0, 0.05) is 43.3 Å². The van der Waals surface area contributed by atoms with Crippen molar-refractivity contribution in [3.05, 3.63) is 89.8 Å². The number of carbonyl (C=O) groups excluding carboxylic acids is 2. The third kappa shape index (κ3) is 4.17. The molecule has 0 bridgehead atoms. The summed E-state index contributed by atoms with van der Waals surface area (Å²) in [5.74, 6) is 0.545. The predicted molar refractivity (Wildman–Crippen MR) is 128 cm³/mol. The summed E-state index contributed by atoms with van der Waals surface area (Å²) in [6.07, 6.45) is 1.77. The van der Waals surface area contributed by atoms with E-state index in [0.29, 0.717) is 48.4 Å². The Kier molecular flexibility index (Phi) is 5.52. The molecule has 0 radical (unpaired) electrons. The molecule has 7 heteroatoms. The van der Waals surface area contributed by atoms with Crippen molar-refractivity contribution in [1.82, 2.24) is 9.88 Å². The Morgan fingerprint density at radius 3 is 2.36 bits per heavy atom. The molecular formula is C26H24N4O3. The van der Waals surface area contributed by atoms with E-state index in [1.54, 1.807) is 29.3 Å². The van der Waals surface area contributed by atoms with Crippen molar-refractivity contribution in [2.45, 2.75) is 6.92 Å². The summed E-state index contributed by atoms with van der Waals surface area (Å²) in [5, 5.41) is 3.63. The van der Waals surface area contributed by atoms with Gasteiger partial charge in [0.2, 0.25) is 5.76 Å². The van der Waals surface area contributed by atoms with Gasteiger partial charge in [0.1, 0.15) is 17.1 Å². The van der Waals surface area contributed by atoms with Crippen molar-refractivity contribution in [2.75, 3.05) is 36.4 Å². The van der Waals surface area contributed by atoms with E-state index < -0.39 is 0 Å². The molecule has 33 heavy (non-hydrogen) atoms. The molecule has 1 N–H and O–H groups in total. The maximum atomic E-state index is 13.4. The van der Waals surface area contributed by atoms with Crippen LogP contribution in [0.5, 0.6) is 0 Å². The number of aryl methyl sites for hydroxylation is 1. The van der Waals surface area contributed by atoms with Crippen LogP contribution in [-0.4, -0.2) is 47.9 Å². The first-order chi connectivity index (χ1) is 16.1. The van der Waals surface area contributed by atoms with Crippen LogP contribution < -0.4 is 10.2 Å². The molecule has 1 fully saturated rings. The van der Waals surface area contributed by atoms with Gasteiger partial charge in [-0.15, -0.1) is 0 Å². The van der Waals surface area contributed by atoms with Crippen LogP contribution in [0.25, 0.3) is 11.0 Å². The molecule has 0 spiro atoms. The normalized spacial score (nSPS) is 13.8. The lowest BCUT2D eigenvalue weighted by molar-refractivity contribution is 0.0718. The fourth-order valence-corrected chi connectivity index (χ4v) is 4.03. The van der Waals surface area contributed by atoms with E-state index in [2.05, 4.69) is 15.2 Å². The number of pyridine rings is 1. The quantitative estimate of drug-likeness (QED) is 0.510. The molecule has 2 aromatic heterocycles. The molecule has 1 aliphatic heterocycles. The molecule has 166 valence electrons. The topological polar surface area (TPSA) is 78.7 Å². The van der Waals surface area contributed by atoms with Gasteiger partial charge >= 0.3 is 0 Å². The third-order valence-electron chi connectivity index (χ3n) is 5.88. The molecule has 1 saturated heterocycles. The average molecular weight is 441 g/mol. The Labute approximate surface area is 191 Å². The van der Waals surface area contributed by atoms with E-state index in [0.717, 1.165) is 11.4 Å². The number of anilines is 2. The Balaban J connectivity index is 1.39. The fourth-order valence-electron chi connectivity index (χ4n) is 4.03. The summed E-state index contributed by atoms with van der Waals surface area (Å²) < 4.78 is 5.95. The van der Waals surface area contributed by atoms with Crippen LogP contribution in [0.3, 0.4) is 0 Å². The summed E-state index contributed by atoms with van der Waals surface area (Å²) in [5.41, 5.74) is 2.56. The zero-order chi connectivity index (χ0) is 22.8. The van der Waals surface area contributed by atoms with Crippen molar-refractivity contribution in [2.24, 2.45) is 0 Å². The van der Waals surface area contributed by atoms with Gasteiger partial charge in [0.05, 0.1) is 0 Å². The lowest BCUT2D eigenvalue weighted by Gasteiger charge is -2.35. The summed E-state index contributed by atoms with van der Waals surface area (Å²) in [6.45, 7) is 4.40. The van der Waals surface area contributed by atoms with Gasteiger partial charge in [-0.1, -0.05) is 35.9 Å². The molecule has 7 nitrogen and oxygen atoms in total. The number of benzene rings is 2. The second-order valence-corrected chi connectivity index (χ2v) is 8.09. The molecular weight excluding hydrogens is 416 g/mol. The van der Waals surface area contributed by atoms with Crippen LogP contribution in [0.1, 0.15) is 26.5 Å². The number of hydrogen-bond acceptors (Lipinski definition) is 5. The Morgan fingerprint density at radius 2 is 1.64 bits per heavy atom. The van der Waals surface area contributed by atoms with Crippen molar-refractivity contribution in [3.63, 3.8) is 0 Å². The smallest absolute Gasteiger partial charge is 0.291 e. The fraction of sp³-hybridized carbons (Fsp3) is 0.192. The molecule has 1 aliphatic rings. The Morgan fingerprint density at radius 1 is 0.909 bits per heavy atom. The van der Waals surface area contributed by atoms with Crippen molar-refractivity contribution in [3.8, 4) is 0 Å². The van der Waals surface area contributed by atoms with Gasteiger partial charge in [0.25, 0.3) is 11.8 Å². The highest BCUT2D eigenvalue weighted by Crippen LogP contribution is 2.32. The summed E-state index contributed by atoms with van der Waals surface area (Å²) in [7, 11) is 0. The number of para-hydroxylation sites is 1. The lowest BCUT2D eigenvalue weighted by atomic mass is 10.1. The van der Waals surface area contributed by atoms with Crippen LogP contribution in [0.15, 0.2) is 77.3 Å². The van der Waals surface area contributed by atoms with Crippen molar-refractivity contribution >= 4 is 34.3 Å². The van der Waals surface area contributed by atoms with Crippen LogP contribution >= 0.6 is 0 Å².